The number of amides is 1. The molecule has 2 aromatic heterocycles. The highest BCUT2D eigenvalue weighted by molar-refractivity contribution is 5.90. The number of methoxy groups -OCH3 is 2. The third kappa shape index (κ3) is 7.37. The van der Waals surface area contributed by atoms with Gasteiger partial charge in [0.05, 0.1) is 59.7 Å². The summed E-state index contributed by atoms with van der Waals surface area (Å²) in [5, 5.41) is 13.3. The zero-order chi connectivity index (χ0) is 33.9. The van der Waals surface area contributed by atoms with Gasteiger partial charge in [0, 0.05) is 19.6 Å². The smallest absolute Gasteiger partial charge is 0.416 e. The Morgan fingerprint density at radius 3 is 2.22 bits per heavy atom. The first-order chi connectivity index (χ1) is 21.6. The van der Waals surface area contributed by atoms with Crippen LogP contribution in [0.4, 0.5) is 42.8 Å². The molecule has 4 rings (SSSR count). The van der Waals surface area contributed by atoms with Gasteiger partial charge in [-0.3, -0.25) is 4.90 Å². The van der Waals surface area contributed by atoms with E-state index in [0.29, 0.717) is 36.4 Å². The number of nitrogens with zero attached hydrogens (tertiary/aromatic N) is 4. The van der Waals surface area contributed by atoms with E-state index in [0.717, 1.165) is 0 Å². The molecular formula is C30H33F6N5O5. The quantitative estimate of drug-likeness (QED) is 0.164. The van der Waals surface area contributed by atoms with Crippen LogP contribution in [-0.2, 0) is 23.5 Å². The highest BCUT2D eigenvalue weighted by Crippen LogP contribution is 2.47. The average molecular weight is 658 g/mol. The molecule has 46 heavy (non-hydrogen) atoms. The molecule has 0 radical (unpaired) electrons. The Morgan fingerprint density at radius 1 is 1.02 bits per heavy atom. The minimum Gasteiger partial charge on any atom is -0.488 e. The van der Waals surface area contributed by atoms with Gasteiger partial charge in [-0.15, -0.1) is 0 Å². The Balaban J connectivity index is 1.79. The van der Waals surface area contributed by atoms with Crippen LogP contribution >= 0.6 is 0 Å². The predicted octanol–water partition coefficient (Wildman–Crippen LogP) is 7.13. The second-order valence-electron chi connectivity index (χ2n) is 10.6. The van der Waals surface area contributed by atoms with Crippen LogP contribution < -0.4 is 19.7 Å². The van der Waals surface area contributed by atoms with Crippen LogP contribution in [0.25, 0.3) is 0 Å². The minimum absolute atomic E-state index is 0.0102. The highest BCUT2D eigenvalue weighted by Gasteiger charge is 2.47. The van der Waals surface area contributed by atoms with Crippen LogP contribution in [0.5, 0.6) is 11.6 Å². The number of hydrogen-bond donors (Lipinski definition) is 2. The topological polar surface area (TPSA) is 119 Å². The lowest BCUT2D eigenvalue weighted by Gasteiger charge is -2.48. The van der Waals surface area contributed by atoms with E-state index in [1.54, 1.807) is 6.07 Å². The van der Waals surface area contributed by atoms with Gasteiger partial charge in [-0.2, -0.15) is 26.3 Å². The normalized spacial score (nSPS) is 16.1. The average Bonchev–Trinajstić information content (AvgIpc) is 3.00. The fourth-order valence-electron chi connectivity index (χ4n) is 5.54. The molecule has 0 aliphatic carbocycles. The summed E-state index contributed by atoms with van der Waals surface area (Å²) in [6.07, 6.45) is -9.26. The zero-order valence-electron chi connectivity index (χ0n) is 25.4. The molecular weight excluding hydrogens is 624 g/mol. The van der Waals surface area contributed by atoms with Crippen LogP contribution in [0.1, 0.15) is 67.2 Å². The van der Waals surface area contributed by atoms with Crippen LogP contribution in [0.15, 0.2) is 36.5 Å². The van der Waals surface area contributed by atoms with Crippen molar-refractivity contribution in [3.05, 3.63) is 64.6 Å². The van der Waals surface area contributed by atoms with Gasteiger partial charge in [0.25, 0.3) is 0 Å². The van der Waals surface area contributed by atoms with E-state index >= 15 is 0 Å². The fraction of sp³-hybridized carbons (Fsp3) is 0.467. The summed E-state index contributed by atoms with van der Waals surface area (Å²) in [5.41, 5.74) is -3.38. The van der Waals surface area contributed by atoms with Crippen LogP contribution in [0.2, 0.25) is 0 Å². The van der Waals surface area contributed by atoms with Crippen molar-refractivity contribution in [3.63, 3.8) is 0 Å². The lowest BCUT2D eigenvalue weighted by molar-refractivity contribution is -0.143. The van der Waals surface area contributed by atoms with Gasteiger partial charge in [0.15, 0.2) is 5.75 Å². The second kappa shape index (κ2) is 13.6. The van der Waals surface area contributed by atoms with Gasteiger partial charge in [-0.05, 0) is 49.1 Å². The summed E-state index contributed by atoms with van der Waals surface area (Å²) in [5.74, 6) is 0.235. The molecule has 0 spiro atoms. The molecule has 0 unspecified atom stereocenters. The van der Waals surface area contributed by atoms with E-state index in [1.165, 1.54) is 31.4 Å². The molecule has 0 saturated heterocycles. The van der Waals surface area contributed by atoms with Crippen molar-refractivity contribution < 1.29 is 50.5 Å². The van der Waals surface area contributed by atoms with E-state index in [4.69, 9.17) is 14.2 Å². The molecule has 1 aliphatic rings. The number of fused-ring (bicyclic) bond motifs is 1. The largest absolute Gasteiger partial charge is 0.488 e. The van der Waals surface area contributed by atoms with E-state index in [-0.39, 0.29) is 54.5 Å². The Morgan fingerprint density at radius 2 is 1.67 bits per heavy atom. The van der Waals surface area contributed by atoms with Gasteiger partial charge in [0.2, 0.25) is 11.8 Å². The molecule has 250 valence electrons. The summed E-state index contributed by atoms with van der Waals surface area (Å²) in [4.78, 5) is 27.0. The summed E-state index contributed by atoms with van der Waals surface area (Å²) >= 11 is 0. The summed E-state index contributed by atoms with van der Waals surface area (Å²) in [6, 6.07) is 3.80. The third-order valence-corrected chi connectivity index (χ3v) is 7.92. The number of carbonyl (C=O) groups is 1. The van der Waals surface area contributed by atoms with Gasteiger partial charge in [-0.1, -0.05) is 13.8 Å². The molecule has 1 aliphatic heterocycles. The first-order valence-electron chi connectivity index (χ1n) is 14.3. The van der Waals surface area contributed by atoms with Crippen LogP contribution in [0, 0.1) is 0 Å². The molecule has 1 amide bonds. The van der Waals surface area contributed by atoms with E-state index in [9.17, 15) is 36.2 Å². The number of rotatable bonds is 11. The number of aromatic nitrogens is 3. The van der Waals surface area contributed by atoms with Crippen molar-refractivity contribution in [1.82, 2.24) is 15.0 Å². The van der Waals surface area contributed by atoms with E-state index < -0.39 is 47.6 Å². The molecule has 1 aromatic carbocycles. The fourth-order valence-corrected chi connectivity index (χ4v) is 5.54. The predicted molar refractivity (Wildman–Crippen MR) is 154 cm³/mol. The molecule has 2 N–H and O–H groups in total. The minimum atomic E-state index is -5.02. The first-order valence-corrected chi connectivity index (χ1v) is 14.3. The maximum atomic E-state index is 13.6. The van der Waals surface area contributed by atoms with E-state index in [2.05, 4.69) is 20.3 Å². The van der Waals surface area contributed by atoms with Crippen LogP contribution in [-0.4, -0.2) is 59.1 Å². The Kier molecular flexibility index (Phi) is 10.2. The number of halogens is 6. The van der Waals surface area contributed by atoms with Crippen molar-refractivity contribution in [3.8, 4) is 11.6 Å². The summed E-state index contributed by atoms with van der Waals surface area (Å²) < 4.78 is 97.3. The number of pyridine rings is 1. The van der Waals surface area contributed by atoms with Gasteiger partial charge in [0.1, 0.15) is 6.61 Å². The maximum Gasteiger partial charge on any atom is 0.416 e. The van der Waals surface area contributed by atoms with Crippen molar-refractivity contribution in [2.45, 2.75) is 63.5 Å². The van der Waals surface area contributed by atoms with Crippen molar-refractivity contribution in [2.24, 2.45) is 0 Å². The van der Waals surface area contributed by atoms with Crippen molar-refractivity contribution in [1.29, 1.82) is 0 Å². The molecule has 1 atom stereocenters. The molecule has 0 bridgehead atoms. The van der Waals surface area contributed by atoms with Crippen molar-refractivity contribution >= 4 is 17.7 Å². The monoisotopic (exact) mass is 657 g/mol. The SMILES string of the molecule is CCC1(CC)C[C@H](Nc2ncc(OCCOC)c(Cc3cc(C(F)(F)F)cc(C(F)(F)F)c3)n2)c2nc(OC)ccc2N1C(=O)O. The lowest BCUT2D eigenvalue weighted by Crippen LogP contribution is -2.55. The molecule has 0 saturated carbocycles. The third-order valence-electron chi connectivity index (χ3n) is 7.92. The number of carboxylic acid groups (broad SMARTS) is 1. The Bertz CT molecular complexity index is 1520. The second-order valence-corrected chi connectivity index (χ2v) is 10.6. The van der Waals surface area contributed by atoms with Crippen LogP contribution in [0.3, 0.4) is 0 Å². The van der Waals surface area contributed by atoms with Gasteiger partial charge >= 0.3 is 18.4 Å². The molecule has 3 aromatic rings. The number of alkyl halides is 6. The molecule has 10 nitrogen and oxygen atoms in total. The Hall–Kier alpha value is -4.34. The number of benzene rings is 1. The molecule has 16 heteroatoms. The van der Waals surface area contributed by atoms with Crippen molar-refractivity contribution in [2.75, 3.05) is 37.7 Å². The van der Waals surface area contributed by atoms with Gasteiger partial charge < -0.3 is 24.6 Å². The highest BCUT2D eigenvalue weighted by atomic mass is 19.4. The summed E-state index contributed by atoms with van der Waals surface area (Å²) in [6.45, 7) is 3.88. The molecule has 3 heterocycles. The number of hydrogen-bond acceptors (Lipinski definition) is 8. The van der Waals surface area contributed by atoms with E-state index in [1.807, 2.05) is 13.8 Å². The lowest BCUT2D eigenvalue weighted by atomic mass is 9.79. The number of anilines is 2. The van der Waals surface area contributed by atoms with Gasteiger partial charge in [-0.25, -0.2) is 19.7 Å². The molecule has 0 fully saturated rings. The maximum absolute atomic E-state index is 13.6. The number of ether oxygens (including phenoxy) is 3. The standard InChI is InChI=1S/C30H33F6N5O5/c1-5-28(6-2)15-21(25-22(41(28)27(42)43)7-8-24(40-25)45-4)39-26-37-16-23(46-10-9-44-3)20(38-26)13-17-11-18(29(31,32)33)14-19(12-17)30(34,35)36/h7-8,11-12,14,16,21H,5-6,9-10,13,15H2,1-4H3,(H,42,43)(H,37,38,39)/t21-/m0/s1. The summed E-state index contributed by atoms with van der Waals surface area (Å²) in [7, 11) is 2.84. The Labute approximate surface area is 260 Å². The first kappa shape index (κ1) is 34.5. The number of nitrogens with one attached hydrogen (secondary N) is 1. The zero-order valence-corrected chi connectivity index (χ0v) is 25.4.